The molecule has 0 spiro atoms. The zero-order valence-corrected chi connectivity index (χ0v) is 15.1. The van der Waals surface area contributed by atoms with E-state index in [0.717, 1.165) is 43.6 Å². The Labute approximate surface area is 138 Å². The summed E-state index contributed by atoms with van der Waals surface area (Å²) in [5.41, 5.74) is 1.16. The van der Waals surface area contributed by atoms with Gasteiger partial charge in [-0.15, -0.1) is 11.3 Å². The minimum atomic E-state index is 0.739. The van der Waals surface area contributed by atoms with Gasteiger partial charge >= 0.3 is 0 Å². The van der Waals surface area contributed by atoms with Crippen LogP contribution in [0.25, 0.3) is 0 Å². The molecule has 0 aliphatic carbocycles. The van der Waals surface area contributed by atoms with Crippen LogP contribution in [-0.2, 0) is 6.42 Å². The third-order valence-electron chi connectivity index (χ3n) is 4.30. The molecule has 0 bridgehead atoms. The Balaban J connectivity index is 1.67. The van der Waals surface area contributed by atoms with Crippen molar-refractivity contribution in [1.29, 1.82) is 0 Å². The molecule has 1 saturated heterocycles. The Morgan fingerprint density at radius 3 is 2.82 bits per heavy atom. The molecule has 1 aromatic heterocycles. The first-order valence-electron chi connectivity index (χ1n) is 8.22. The summed E-state index contributed by atoms with van der Waals surface area (Å²) in [6.07, 6.45) is 2.24. The van der Waals surface area contributed by atoms with E-state index in [4.69, 9.17) is 0 Å². The van der Waals surface area contributed by atoms with E-state index in [1.165, 1.54) is 29.4 Å². The molecule has 0 amide bonds. The van der Waals surface area contributed by atoms with Crippen LogP contribution in [0.1, 0.15) is 28.9 Å². The molecule has 2 N–H and O–H groups in total. The van der Waals surface area contributed by atoms with Crippen LogP contribution in [0.2, 0.25) is 0 Å². The molecular weight excluding hydrogens is 294 g/mol. The van der Waals surface area contributed by atoms with Crippen LogP contribution in [0.15, 0.2) is 4.99 Å². The van der Waals surface area contributed by atoms with Crippen LogP contribution in [0.3, 0.4) is 0 Å². The molecule has 6 heteroatoms. The number of guanidine groups is 1. The summed E-state index contributed by atoms with van der Waals surface area (Å²) in [5, 5.41) is 8.04. The maximum absolute atomic E-state index is 4.57. The highest BCUT2D eigenvalue weighted by atomic mass is 32.1. The topological polar surface area (TPSA) is 52.5 Å². The Bertz CT molecular complexity index is 477. The molecule has 1 aromatic rings. The molecule has 1 fully saturated rings. The molecule has 22 heavy (non-hydrogen) atoms. The monoisotopic (exact) mass is 323 g/mol. The van der Waals surface area contributed by atoms with Crippen LogP contribution in [-0.4, -0.2) is 55.6 Å². The van der Waals surface area contributed by atoms with E-state index in [0.29, 0.717) is 0 Å². The fourth-order valence-corrected chi connectivity index (χ4v) is 3.70. The van der Waals surface area contributed by atoms with Crippen molar-refractivity contribution < 1.29 is 0 Å². The van der Waals surface area contributed by atoms with Gasteiger partial charge in [0.15, 0.2) is 5.96 Å². The molecular formula is C16H29N5S. The van der Waals surface area contributed by atoms with Crippen LogP contribution >= 0.6 is 11.3 Å². The minimum absolute atomic E-state index is 0.739. The highest BCUT2D eigenvalue weighted by Gasteiger charge is 2.20. The molecule has 0 radical (unpaired) electrons. The number of thiazole rings is 1. The van der Waals surface area contributed by atoms with E-state index >= 15 is 0 Å². The molecule has 1 aliphatic rings. The zero-order chi connectivity index (χ0) is 15.9. The molecule has 0 aromatic carbocycles. The largest absolute Gasteiger partial charge is 0.356 e. The Kier molecular flexibility index (Phi) is 6.64. The SMILES string of the molecule is CCN1CCC(CNC(=NC)NCCc2nc(C)c(C)s2)C1. The van der Waals surface area contributed by atoms with Gasteiger partial charge in [-0.1, -0.05) is 6.92 Å². The maximum atomic E-state index is 4.57. The van der Waals surface area contributed by atoms with Crippen molar-refractivity contribution in [3.63, 3.8) is 0 Å². The van der Waals surface area contributed by atoms with Gasteiger partial charge in [-0.05, 0) is 39.3 Å². The minimum Gasteiger partial charge on any atom is -0.356 e. The lowest BCUT2D eigenvalue weighted by molar-refractivity contribution is 0.342. The van der Waals surface area contributed by atoms with Crippen molar-refractivity contribution >= 4 is 17.3 Å². The number of aryl methyl sites for hydroxylation is 2. The first kappa shape index (κ1) is 17.2. The van der Waals surface area contributed by atoms with Crippen LogP contribution in [0.4, 0.5) is 0 Å². The first-order chi connectivity index (χ1) is 10.6. The first-order valence-corrected chi connectivity index (χ1v) is 9.03. The van der Waals surface area contributed by atoms with Gasteiger partial charge < -0.3 is 15.5 Å². The summed E-state index contributed by atoms with van der Waals surface area (Å²) >= 11 is 1.79. The lowest BCUT2D eigenvalue weighted by Crippen LogP contribution is -2.41. The maximum Gasteiger partial charge on any atom is 0.191 e. The molecule has 2 heterocycles. The number of hydrogen-bond donors (Lipinski definition) is 2. The van der Waals surface area contributed by atoms with Crippen molar-refractivity contribution in [2.24, 2.45) is 10.9 Å². The van der Waals surface area contributed by atoms with Gasteiger partial charge in [-0.2, -0.15) is 0 Å². The standard InChI is InChI=1S/C16H29N5S/c1-5-21-9-7-14(11-21)10-19-16(17-4)18-8-6-15-20-12(2)13(3)22-15/h14H,5-11H2,1-4H3,(H2,17,18,19). The Morgan fingerprint density at radius 2 is 2.23 bits per heavy atom. The molecule has 124 valence electrons. The number of aliphatic imine (C=N–C) groups is 1. The number of likely N-dealkylation sites (tertiary alicyclic amines) is 1. The second-order valence-corrected chi connectivity index (χ2v) is 7.21. The third kappa shape index (κ3) is 4.95. The van der Waals surface area contributed by atoms with E-state index in [2.05, 4.69) is 46.3 Å². The predicted molar refractivity (Wildman–Crippen MR) is 94.9 cm³/mol. The Hall–Kier alpha value is -1.14. The fourth-order valence-electron chi connectivity index (χ4n) is 2.76. The molecule has 1 aliphatic heterocycles. The van der Waals surface area contributed by atoms with Gasteiger partial charge in [0.25, 0.3) is 0 Å². The van der Waals surface area contributed by atoms with Gasteiger partial charge in [-0.25, -0.2) is 4.98 Å². The van der Waals surface area contributed by atoms with Gasteiger partial charge in [-0.3, -0.25) is 4.99 Å². The highest BCUT2D eigenvalue weighted by Crippen LogP contribution is 2.16. The number of nitrogens with one attached hydrogen (secondary N) is 2. The quantitative estimate of drug-likeness (QED) is 0.619. The number of nitrogens with zero attached hydrogens (tertiary/aromatic N) is 3. The highest BCUT2D eigenvalue weighted by molar-refractivity contribution is 7.11. The van der Waals surface area contributed by atoms with E-state index in [-0.39, 0.29) is 0 Å². The zero-order valence-electron chi connectivity index (χ0n) is 14.3. The summed E-state index contributed by atoms with van der Waals surface area (Å²) in [5.74, 6) is 1.64. The molecule has 1 unspecified atom stereocenters. The van der Waals surface area contributed by atoms with Gasteiger partial charge in [0, 0.05) is 38.0 Å². The van der Waals surface area contributed by atoms with E-state index in [9.17, 15) is 0 Å². The van der Waals surface area contributed by atoms with Crippen molar-refractivity contribution in [1.82, 2.24) is 20.5 Å². The van der Waals surface area contributed by atoms with Crippen LogP contribution in [0.5, 0.6) is 0 Å². The molecule has 1 atom stereocenters. The fraction of sp³-hybridized carbons (Fsp3) is 0.750. The van der Waals surface area contributed by atoms with Gasteiger partial charge in [0.1, 0.15) is 0 Å². The summed E-state index contributed by atoms with van der Waals surface area (Å²) in [6.45, 7) is 11.9. The number of hydrogen-bond acceptors (Lipinski definition) is 4. The average Bonchev–Trinajstić information content (AvgIpc) is 3.09. The van der Waals surface area contributed by atoms with E-state index < -0.39 is 0 Å². The lowest BCUT2D eigenvalue weighted by atomic mass is 10.1. The predicted octanol–water partition coefficient (Wildman–Crippen LogP) is 1.81. The summed E-state index contributed by atoms with van der Waals surface area (Å²) < 4.78 is 0. The summed E-state index contributed by atoms with van der Waals surface area (Å²) in [7, 11) is 1.83. The Morgan fingerprint density at radius 1 is 1.41 bits per heavy atom. The molecule has 2 rings (SSSR count). The van der Waals surface area contributed by atoms with Gasteiger partial charge in [0.2, 0.25) is 0 Å². The molecule has 5 nitrogen and oxygen atoms in total. The lowest BCUT2D eigenvalue weighted by Gasteiger charge is -2.16. The smallest absolute Gasteiger partial charge is 0.191 e. The molecule has 0 saturated carbocycles. The second kappa shape index (κ2) is 8.48. The van der Waals surface area contributed by atoms with E-state index in [1.54, 1.807) is 11.3 Å². The van der Waals surface area contributed by atoms with Crippen molar-refractivity contribution in [2.75, 3.05) is 39.8 Å². The normalized spacial score (nSPS) is 19.6. The average molecular weight is 324 g/mol. The second-order valence-electron chi connectivity index (χ2n) is 5.93. The number of aromatic nitrogens is 1. The summed E-state index contributed by atoms with van der Waals surface area (Å²) in [4.78, 5) is 12.7. The summed E-state index contributed by atoms with van der Waals surface area (Å²) in [6, 6.07) is 0. The van der Waals surface area contributed by atoms with Gasteiger partial charge in [0.05, 0.1) is 10.7 Å². The van der Waals surface area contributed by atoms with E-state index in [1.807, 2.05) is 7.05 Å². The number of rotatable bonds is 6. The van der Waals surface area contributed by atoms with Crippen molar-refractivity contribution in [3.8, 4) is 0 Å². The van der Waals surface area contributed by atoms with Crippen molar-refractivity contribution in [2.45, 2.75) is 33.6 Å². The third-order valence-corrected chi connectivity index (χ3v) is 5.44. The van der Waals surface area contributed by atoms with Crippen LogP contribution in [0, 0.1) is 19.8 Å². The van der Waals surface area contributed by atoms with Crippen LogP contribution < -0.4 is 10.6 Å². The van der Waals surface area contributed by atoms with Crippen molar-refractivity contribution in [3.05, 3.63) is 15.6 Å².